The van der Waals surface area contributed by atoms with E-state index in [0.29, 0.717) is 12.2 Å². The highest BCUT2D eigenvalue weighted by atomic mass is 16.5. The molecule has 1 atom stereocenters. The quantitative estimate of drug-likeness (QED) is 0.845. The minimum absolute atomic E-state index is 0.228. The number of amides is 2. The van der Waals surface area contributed by atoms with Crippen LogP contribution >= 0.6 is 0 Å². The Bertz CT molecular complexity index is 690. The molecule has 134 valence electrons. The molecule has 0 saturated carbocycles. The molecule has 25 heavy (non-hydrogen) atoms. The SMILES string of the molecule is CN(C)c1ccc(CNC(=O)Nc2cnn(CC3CCCO3)c2)cc1. The standard InChI is InChI=1S/C18H25N5O2/c1-22(2)16-7-5-14(6-8-16)10-19-18(24)21-15-11-20-23(12-15)13-17-4-3-9-25-17/h5-8,11-12,17H,3-4,9-10,13H2,1-2H3,(H2,19,21,24). The highest BCUT2D eigenvalue weighted by Gasteiger charge is 2.16. The monoisotopic (exact) mass is 343 g/mol. The van der Waals surface area contributed by atoms with Crippen molar-refractivity contribution in [3.8, 4) is 0 Å². The van der Waals surface area contributed by atoms with Crippen molar-refractivity contribution in [2.45, 2.75) is 32.0 Å². The van der Waals surface area contributed by atoms with Crippen LogP contribution < -0.4 is 15.5 Å². The smallest absolute Gasteiger partial charge is 0.319 e. The molecule has 2 N–H and O–H groups in total. The lowest BCUT2D eigenvalue weighted by Gasteiger charge is -2.13. The number of nitrogens with one attached hydrogen (secondary N) is 2. The van der Waals surface area contributed by atoms with Gasteiger partial charge in [-0.15, -0.1) is 0 Å². The number of anilines is 2. The first-order chi connectivity index (χ1) is 12.1. The van der Waals surface area contributed by atoms with Gasteiger partial charge in [0.25, 0.3) is 0 Å². The van der Waals surface area contributed by atoms with E-state index in [2.05, 4.69) is 15.7 Å². The second kappa shape index (κ2) is 8.02. The Hall–Kier alpha value is -2.54. The van der Waals surface area contributed by atoms with Gasteiger partial charge in [-0.2, -0.15) is 5.10 Å². The van der Waals surface area contributed by atoms with Crippen molar-refractivity contribution in [2.24, 2.45) is 0 Å². The molecule has 2 aromatic rings. The van der Waals surface area contributed by atoms with Gasteiger partial charge in [-0.25, -0.2) is 4.79 Å². The zero-order chi connectivity index (χ0) is 17.6. The van der Waals surface area contributed by atoms with Crippen LogP contribution in [0.1, 0.15) is 18.4 Å². The van der Waals surface area contributed by atoms with Crippen LogP contribution in [0.15, 0.2) is 36.7 Å². The number of benzene rings is 1. The Labute approximate surface area is 148 Å². The predicted octanol–water partition coefficient (Wildman–Crippen LogP) is 2.45. The van der Waals surface area contributed by atoms with Gasteiger partial charge in [-0.3, -0.25) is 4.68 Å². The molecule has 0 aliphatic carbocycles. The summed E-state index contributed by atoms with van der Waals surface area (Å²) in [4.78, 5) is 14.1. The molecular weight excluding hydrogens is 318 g/mol. The van der Waals surface area contributed by atoms with Crippen LogP contribution in [0, 0.1) is 0 Å². The van der Waals surface area contributed by atoms with E-state index < -0.39 is 0 Å². The van der Waals surface area contributed by atoms with Crippen LogP contribution in [0.4, 0.5) is 16.2 Å². The molecule has 7 heteroatoms. The molecule has 1 unspecified atom stereocenters. The molecule has 1 aliphatic rings. The number of rotatable bonds is 6. The largest absolute Gasteiger partial charge is 0.378 e. The van der Waals surface area contributed by atoms with E-state index in [-0.39, 0.29) is 12.1 Å². The van der Waals surface area contributed by atoms with Crippen molar-refractivity contribution in [1.29, 1.82) is 0 Å². The van der Waals surface area contributed by atoms with Gasteiger partial charge in [-0.05, 0) is 30.5 Å². The maximum Gasteiger partial charge on any atom is 0.319 e. The van der Waals surface area contributed by atoms with Crippen molar-refractivity contribution >= 4 is 17.4 Å². The molecule has 3 rings (SSSR count). The lowest BCUT2D eigenvalue weighted by Crippen LogP contribution is -2.28. The van der Waals surface area contributed by atoms with Gasteiger partial charge >= 0.3 is 6.03 Å². The number of carbonyl (C=O) groups excluding carboxylic acids is 1. The van der Waals surface area contributed by atoms with E-state index in [9.17, 15) is 4.79 Å². The minimum atomic E-state index is -0.242. The molecule has 0 bridgehead atoms. The van der Waals surface area contributed by atoms with E-state index in [1.807, 2.05) is 54.1 Å². The van der Waals surface area contributed by atoms with Gasteiger partial charge in [0.1, 0.15) is 0 Å². The topological polar surface area (TPSA) is 71.4 Å². The Morgan fingerprint density at radius 3 is 2.84 bits per heavy atom. The van der Waals surface area contributed by atoms with Crippen LogP contribution in [0.5, 0.6) is 0 Å². The molecule has 2 amide bonds. The third-order valence-electron chi connectivity index (χ3n) is 4.21. The Kier molecular flexibility index (Phi) is 5.55. The second-order valence-electron chi connectivity index (χ2n) is 6.45. The van der Waals surface area contributed by atoms with Crippen LogP contribution in [-0.4, -0.2) is 42.6 Å². The first-order valence-corrected chi connectivity index (χ1v) is 8.55. The molecule has 1 aliphatic heterocycles. The number of hydrogen-bond donors (Lipinski definition) is 2. The predicted molar refractivity (Wildman–Crippen MR) is 97.8 cm³/mol. The van der Waals surface area contributed by atoms with Gasteiger partial charge < -0.3 is 20.3 Å². The first kappa shape index (κ1) is 17.3. The summed E-state index contributed by atoms with van der Waals surface area (Å²) in [7, 11) is 4.00. The Morgan fingerprint density at radius 2 is 2.16 bits per heavy atom. The van der Waals surface area contributed by atoms with Crippen LogP contribution in [0.2, 0.25) is 0 Å². The number of aromatic nitrogens is 2. The van der Waals surface area contributed by atoms with E-state index in [1.165, 1.54) is 0 Å². The molecule has 0 radical (unpaired) electrons. The average Bonchev–Trinajstić information content (AvgIpc) is 3.26. The lowest BCUT2D eigenvalue weighted by atomic mass is 10.2. The van der Waals surface area contributed by atoms with Crippen molar-refractivity contribution in [3.05, 3.63) is 42.2 Å². The summed E-state index contributed by atoms with van der Waals surface area (Å²) in [6.07, 6.45) is 5.88. The third kappa shape index (κ3) is 4.96. The highest BCUT2D eigenvalue weighted by molar-refractivity contribution is 5.88. The molecule has 7 nitrogen and oxygen atoms in total. The maximum atomic E-state index is 12.0. The molecule has 0 spiro atoms. The van der Waals surface area contributed by atoms with E-state index in [4.69, 9.17) is 4.74 Å². The lowest BCUT2D eigenvalue weighted by molar-refractivity contribution is 0.0940. The van der Waals surface area contributed by atoms with Crippen molar-refractivity contribution in [3.63, 3.8) is 0 Å². The summed E-state index contributed by atoms with van der Waals surface area (Å²) in [6.45, 7) is 2.03. The van der Waals surface area contributed by atoms with E-state index in [0.717, 1.165) is 37.2 Å². The second-order valence-corrected chi connectivity index (χ2v) is 6.45. The molecule has 1 aromatic heterocycles. The van der Waals surface area contributed by atoms with Gasteiger partial charge in [-0.1, -0.05) is 12.1 Å². The Morgan fingerprint density at radius 1 is 1.36 bits per heavy atom. The zero-order valence-electron chi connectivity index (χ0n) is 14.7. The van der Waals surface area contributed by atoms with Crippen molar-refractivity contribution < 1.29 is 9.53 Å². The Balaban J connectivity index is 1.45. The summed E-state index contributed by atoms with van der Waals surface area (Å²) < 4.78 is 7.41. The number of nitrogens with zero attached hydrogens (tertiary/aromatic N) is 3. The molecule has 1 fully saturated rings. The normalized spacial score (nSPS) is 16.6. The number of ether oxygens (including phenoxy) is 1. The molecule has 1 saturated heterocycles. The van der Waals surface area contributed by atoms with Crippen LogP contribution in [0.25, 0.3) is 0 Å². The first-order valence-electron chi connectivity index (χ1n) is 8.55. The molecular formula is C18H25N5O2. The number of urea groups is 1. The summed E-state index contributed by atoms with van der Waals surface area (Å²) in [6, 6.07) is 7.84. The summed E-state index contributed by atoms with van der Waals surface area (Å²) >= 11 is 0. The van der Waals surface area contributed by atoms with E-state index in [1.54, 1.807) is 6.20 Å². The third-order valence-corrected chi connectivity index (χ3v) is 4.21. The van der Waals surface area contributed by atoms with Gasteiger partial charge in [0.2, 0.25) is 0 Å². The van der Waals surface area contributed by atoms with E-state index >= 15 is 0 Å². The fourth-order valence-electron chi connectivity index (χ4n) is 2.79. The number of carbonyl (C=O) groups is 1. The zero-order valence-corrected chi connectivity index (χ0v) is 14.7. The minimum Gasteiger partial charge on any atom is -0.378 e. The summed E-state index contributed by atoms with van der Waals surface area (Å²) in [5.41, 5.74) is 2.86. The molecule has 1 aromatic carbocycles. The maximum absolute atomic E-state index is 12.0. The van der Waals surface area contributed by atoms with Crippen molar-refractivity contribution in [1.82, 2.24) is 15.1 Å². The number of hydrogen-bond acceptors (Lipinski definition) is 4. The summed E-state index contributed by atoms with van der Waals surface area (Å²) in [5, 5.41) is 9.92. The highest BCUT2D eigenvalue weighted by Crippen LogP contribution is 2.15. The van der Waals surface area contributed by atoms with Crippen LogP contribution in [0.3, 0.4) is 0 Å². The average molecular weight is 343 g/mol. The van der Waals surface area contributed by atoms with Gasteiger partial charge in [0.15, 0.2) is 0 Å². The van der Waals surface area contributed by atoms with Gasteiger partial charge in [0.05, 0.1) is 24.5 Å². The van der Waals surface area contributed by atoms with Crippen LogP contribution in [-0.2, 0) is 17.8 Å². The van der Waals surface area contributed by atoms with Gasteiger partial charge in [0, 0.05) is 39.1 Å². The molecule has 2 heterocycles. The summed E-state index contributed by atoms with van der Waals surface area (Å²) in [5.74, 6) is 0. The fraction of sp³-hybridized carbons (Fsp3) is 0.444. The van der Waals surface area contributed by atoms with Crippen molar-refractivity contribution in [2.75, 3.05) is 30.9 Å². The fourth-order valence-corrected chi connectivity index (χ4v) is 2.79.